The number of nitrogens with zero attached hydrogens (tertiary/aromatic N) is 8. The first-order chi connectivity index (χ1) is 19.9. The molecule has 2 aromatic heterocycles. The van der Waals surface area contributed by atoms with Crippen LogP contribution in [-0.2, 0) is 27.9 Å². The van der Waals surface area contributed by atoms with Crippen molar-refractivity contribution < 1.29 is 14.4 Å². The third kappa shape index (κ3) is 5.37. The van der Waals surface area contributed by atoms with Gasteiger partial charge in [0.2, 0.25) is 17.7 Å². The zero-order valence-electron chi connectivity index (χ0n) is 21.9. The Labute approximate surface area is 239 Å². The van der Waals surface area contributed by atoms with Crippen molar-refractivity contribution in [1.29, 1.82) is 0 Å². The first-order valence-electron chi connectivity index (χ1n) is 12.8. The number of aryl methyl sites for hydroxylation is 1. The van der Waals surface area contributed by atoms with Crippen LogP contribution in [0.1, 0.15) is 5.56 Å². The van der Waals surface area contributed by atoms with E-state index in [2.05, 4.69) is 25.9 Å². The fourth-order valence-corrected chi connectivity index (χ4v) is 5.11. The van der Waals surface area contributed by atoms with Crippen molar-refractivity contribution in [2.45, 2.75) is 12.5 Å². The molecule has 206 valence electrons. The number of aromatic nitrogens is 6. The van der Waals surface area contributed by atoms with Crippen LogP contribution in [-0.4, -0.2) is 71.7 Å². The number of benzene rings is 3. The molecular weight excluding hydrogens is 546 g/mol. The van der Waals surface area contributed by atoms with Crippen LogP contribution < -0.4 is 10.2 Å². The Bertz CT molecular complexity index is 1750. The summed E-state index contributed by atoms with van der Waals surface area (Å²) < 4.78 is 3.09. The number of hydrogen-bond donors (Lipinski definition) is 1. The Hall–Kier alpha value is -5.10. The summed E-state index contributed by atoms with van der Waals surface area (Å²) in [6, 6.07) is 18.8. The molecule has 0 radical (unpaired) electrons. The minimum absolute atomic E-state index is 0.227. The van der Waals surface area contributed by atoms with E-state index < -0.39 is 11.9 Å². The number of halogens is 1. The number of tetrazole rings is 1. The minimum atomic E-state index is -0.936. The molecule has 5 aromatic rings. The van der Waals surface area contributed by atoms with Crippen molar-refractivity contribution in [1.82, 2.24) is 34.9 Å². The number of piperazine rings is 1. The number of rotatable bonds is 7. The Morgan fingerprint density at radius 2 is 1.83 bits per heavy atom. The van der Waals surface area contributed by atoms with Gasteiger partial charge < -0.3 is 10.2 Å². The topological polar surface area (TPSA) is 131 Å². The Morgan fingerprint density at radius 1 is 1.00 bits per heavy atom. The van der Waals surface area contributed by atoms with Gasteiger partial charge in [-0.25, -0.2) is 0 Å². The van der Waals surface area contributed by atoms with Crippen LogP contribution in [0.25, 0.3) is 16.6 Å². The number of nitrogens with one attached hydrogen (secondary N) is 1. The Kier molecular flexibility index (Phi) is 6.89. The Morgan fingerprint density at radius 3 is 2.61 bits per heavy atom. The van der Waals surface area contributed by atoms with Gasteiger partial charge in [-0.3, -0.25) is 24.0 Å². The van der Waals surface area contributed by atoms with Crippen LogP contribution in [0.5, 0.6) is 0 Å². The molecule has 3 amide bonds. The highest BCUT2D eigenvalue weighted by Gasteiger charge is 2.39. The third-order valence-electron chi connectivity index (χ3n) is 6.88. The van der Waals surface area contributed by atoms with E-state index in [1.807, 2.05) is 49.6 Å². The van der Waals surface area contributed by atoms with Gasteiger partial charge in [-0.15, -0.1) is 5.10 Å². The molecular formula is C28H24ClN9O3. The van der Waals surface area contributed by atoms with Crippen molar-refractivity contribution >= 4 is 51.6 Å². The van der Waals surface area contributed by atoms with E-state index in [1.165, 1.54) is 20.8 Å². The van der Waals surface area contributed by atoms with Crippen molar-refractivity contribution in [2.75, 3.05) is 23.3 Å². The van der Waals surface area contributed by atoms with Crippen molar-refractivity contribution in [3.63, 3.8) is 0 Å². The molecule has 1 N–H and O–H groups in total. The molecule has 1 fully saturated rings. The fourth-order valence-electron chi connectivity index (χ4n) is 4.94. The van der Waals surface area contributed by atoms with Crippen molar-refractivity contribution in [3.05, 3.63) is 89.8 Å². The summed E-state index contributed by atoms with van der Waals surface area (Å²) in [5.74, 6) is -1.17. The summed E-state index contributed by atoms with van der Waals surface area (Å²) in [5.41, 5.74) is 2.99. The smallest absolute Gasteiger partial charge is 0.247 e. The van der Waals surface area contributed by atoms with Gasteiger partial charge in [-0.1, -0.05) is 41.9 Å². The summed E-state index contributed by atoms with van der Waals surface area (Å²) in [4.78, 5) is 43.6. The average molecular weight is 570 g/mol. The highest BCUT2D eigenvalue weighted by atomic mass is 35.5. The molecule has 1 aliphatic heterocycles. The zero-order valence-corrected chi connectivity index (χ0v) is 22.6. The van der Waals surface area contributed by atoms with Gasteiger partial charge in [0.15, 0.2) is 0 Å². The van der Waals surface area contributed by atoms with Crippen LogP contribution in [0.15, 0.2) is 79.3 Å². The van der Waals surface area contributed by atoms with E-state index in [9.17, 15) is 14.4 Å². The van der Waals surface area contributed by atoms with Gasteiger partial charge in [0.1, 0.15) is 25.5 Å². The van der Waals surface area contributed by atoms with E-state index in [1.54, 1.807) is 35.0 Å². The molecule has 1 aliphatic rings. The normalized spacial score (nSPS) is 14.5. The quantitative estimate of drug-likeness (QED) is 0.319. The molecule has 41 heavy (non-hydrogen) atoms. The first-order valence-corrected chi connectivity index (χ1v) is 13.1. The van der Waals surface area contributed by atoms with Crippen LogP contribution in [0.2, 0.25) is 5.02 Å². The van der Waals surface area contributed by atoms with E-state index in [0.29, 0.717) is 22.1 Å². The second kappa shape index (κ2) is 10.8. The standard InChI is InChI=1S/C28H24ClN9O3/c1-35-14-19-7-9-21(13-22(19)32-35)31-28(41)25(11-18-5-3-2-4-6-18)37-16-26(39)36(15-27(37)40)24-12-20(29)8-10-23(24)38-17-30-33-34-38/h2-10,12-14,17,25H,11,15-16H2,1H3,(H,31,41). The summed E-state index contributed by atoms with van der Waals surface area (Å²) >= 11 is 6.25. The molecule has 13 heteroatoms. The maximum atomic E-state index is 13.7. The molecule has 0 saturated carbocycles. The van der Waals surface area contributed by atoms with Crippen molar-refractivity contribution in [2.24, 2.45) is 7.05 Å². The highest BCUT2D eigenvalue weighted by Crippen LogP contribution is 2.30. The van der Waals surface area contributed by atoms with E-state index in [-0.39, 0.29) is 31.3 Å². The van der Waals surface area contributed by atoms with Gasteiger partial charge in [0.05, 0.1) is 16.9 Å². The molecule has 3 aromatic carbocycles. The van der Waals surface area contributed by atoms with Crippen molar-refractivity contribution in [3.8, 4) is 5.69 Å². The van der Waals surface area contributed by atoms with Crippen LogP contribution in [0, 0.1) is 0 Å². The van der Waals surface area contributed by atoms with E-state index >= 15 is 0 Å². The van der Waals surface area contributed by atoms with Gasteiger partial charge in [0.25, 0.3) is 0 Å². The molecule has 6 rings (SSSR count). The van der Waals surface area contributed by atoms with Gasteiger partial charge >= 0.3 is 0 Å². The molecule has 1 unspecified atom stereocenters. The zero-order chi connectivity index (χ0) is 28.5. The lowest BCUT2D eigenvalue weighted by Gasteiger charge is -2.38. The average Bonchev–Trinajstić information content (AvgIpc) is 3.62. The molecule has 3 heterocycles. The summed E-state index contributed by atoms with van der Waals surface area (Å²) in [6.07, 6.45) is 3.50. The highest BCUT2D eigenvalue weighted by molar-refractivity contribution is 6.31. The summed E-state index contributed by atoms with van der Waals surface area (Å²) in [6.45, 7) is -0.586. The van der Waals surface area contributed by atoms with Crippen LogP contribution in [0.4, 0.5) is 11.4 Å². The molecule has 1 atom stereocenters. The van der Waals surface area contributed by atoms with Gasteiger partial charge in [-0.05, 0) is 52.4 Å². The number of amides is 3. The summed E-state index contributed by atoms with van der Waals surface area (Å²) in [7, 11) is 1.82. The predicted octanol–water partition coefficient (Wildman–Crippen LogP) is 2.63. The fraction of sp³-hybridized carbons (Fsp3) is 0.179. The SMILES string of the molecule is Cn1cc2ccc(NC(=O)C(Cc3ccccc3)N3CC(=O)N(c4cc(Cl)ccc4-n4cnnn4)CC3=O)cc2n1. The monoisotopic (exact) mass is 569 g/mol. The van der Waals surface area contributed by atoms with Crippen LogP contribution in [0.3, 0.4) is 0 Å². The summed E-state index contributed by atoms with van der Waals surface area (Å²) in [5, 5.41) is 19.9. The van der Waals surface area contributed by atoms with Crippen LogP contribution >= 0.6 is 11.6 Å². The Balaban J connectivity index is 1.29. The lowest BCUT2D eigenvalue weighted by atomic mass is 10.0. The number of anilines is 2. The third-order valence-corrected chi connectivity index (χ3v) is 7.12. The maximum Gasteiger partial charge on any atom is 0.247 e. The molecule has 0 aliphatic carbocycles. The molecule has 0 spiro atoms. The molecule has 0 bridgehead atoms. The minimum Gasteiger partial charge on any atom is -0.324 e. The number of hydrogen-bond acceptors (Lipinski definition) is 7. The lowest BCUT2D eigenvalue weighted by Crippen LogP contribution is -2.60. The first kappa shape index (κ1) is 26.1. The largest absolute Gasteiger partial charge is 0.324 e. The van der Waals surface area contributed by atoms with E-state index in [0.717, 1.165) is 16.5 Å². The second-order valence-electron chi connectivity index (χ2n) is 9.66. The molecule has 1 saturated heterocycles. The van der Waals surface area contributed by atoms with Gasteiger partial charge in [-0.2, -0.15) is 9.78 Å². The number of fused-ring (bicyclic) bond motifs is 1. The maximum absolute atomic E-state index is 13.7. The number of carbonyl (C=O) groups excluding carboxylic acids is 3. The van der Waals surface area contributed by atoms with Gasteiger partial charge in [0, 0.05) is 35.8 Å². The second-order valence-corrected chi connectivity index (χ2v) is 10.1. The lowest BCUT2D eigenvalue weighted by molar-refractivity contribution is -0.143. The molecule has 12 nitrogen and oxygen atoms in total. The van der Waals surface area contributed by atoms with E-state index in [4.69, 9.17) is 11.6 Å². The predicted molar refractivity (Wildman–Crippen MR) is 152 cm³/mol. The number of carbonyl (C=O) groups is 3.